The number of unbranched alkanes of at least 4 members (excludes halogenated alkanes) is 1. The molecule has 172 valence electrons. The van der Waals surface area contributed by atoms with Gasteiger partial charge < -0.3 is 14.2 Å². The molecule has 5 heteroatoms. The maximum absolute atomic E-state index is 12.8. The van der Waals surface area contributed by atoms with Crippen LogP contribution in [-0.4, -0.2) is 37.5 Å². The highest BCUT2D eigenvalue weighted by molar-refractivity contribution is 6.19. The van der Waals surface area contributed by atoms with E-state index in [1.54, 1.807) is 0 Å². The second kappa shape index (κ2) is 9.22. The van der Waals surface area contributed by atoms with Crippen LogP contribution in [0, 0.1) is 12.3 Å². The maximum Gasteiger partial charge on any atom is 0.166 e. The van der Waals surface area contributed by atoms with E-state index in [0.29, 0.717) is 26.2 Å². The van der Waals surface area contributed by atoms with E-state index in [1.807, 2.05) is 12.1 Å². The number of carbonyl (C=O) groups is 2. The van der Waals surface area contributed by atoms with Gasteiger partial charge in [-0.25, -0.2) is 0 Å². The number of ether oxygens (including phenoxy) is 3. The number of hydrogen-bond acceptors (Lipinski definition) is 5. The molecule has 1 aromatic carbocycles. The second-order valence-electron chi connectivity index (χ2n) is 9.64. The average Bonchev–Trinajstić information content (AvgIpc) is 2.81. The smallest absolute Gasteiger partial charge is 0.166 e. The van der Waals surface area contributed by atoms with Crippen molar-refractivity contribution >= 4 is 17.1 Å². The van der Waals surface area contributed by atoms with Crippen molar-refractivity contribution in [3.8, 4) is 11.5 Å². The highest BCUT2D eigenvalue weighted by Gasteiger charge is 2.47. The first-order chi connectivity index (χ1) is 15.3. The molecule has 1 atom stereocenters. The number of fused-ring (bicyclic) bond motifs is 2. The molecule has 1 fully saturated rings. The molecule has 0 spiro atoms. The summed E-state index contributed by atoms with van der Waals surface area (Å²) in [7, 11) is 0. The minimum absolute atomic E-state index is 0.0679. The van der Waals surface area contributed by atoms with Crippen LogP contribution in [0.3, 0.4) is 0 Å². The van der Waals surface area contributed by atoms with Crippen LogP contribution >= 0.6 is 0 Å². The van der Waals surface area contributed by atoms with Crippen molar-refractivity contribution in [2.75, 3.05) is 19.8 Å². The lowest BCUT2D eigenvalue weighted by Crippen LogP contribution is -2.53. The van der Waals surface area contributed by atoms with Crippen LogP contribution in [0.25, 0.3) is 5.57 Å². The summed E-state index contributed by atoms with van der Waals surface area (Å²) in [6.07, 6.45) is 6.58. The topological polar surface area (TPSA) is 61.8 Å². The van der Waals surface area contributed by atoms with E-state index in [0.717, 1.165) is 60.3 Å². The lowest BCUT2D eigenvalue weighted by molar-refractivity contribution is -0.143. The summed E-state index contributed by atoms with van der Waals surface area (Å²) in [5.74, 6) is 1.43. The first kappa shape index (κ1) is 22.8. The molecule has 1 unspecified atom stereocenters. The first-order valence-corrected chi connectivity index (χ1v) is 11.8. The van der Waals surface area contributed by atoms with Gasteiger partial charge in [0.1, 0.15) is 17.6 Å². The number of Topliss-reactive ketones (excluding diaryl/α,β-unsaturated/α-hetero) is 2. The van der Waals surface area contributed by atoms with E-state index in [4.69, 9.17) is 14.2 Å². The summed E-state index contributed by atoms with van der Waals surface area (Å²) in [6.45, 7) is 9.71. The van der Waals surface area contributed by atoms with Crippen molar-refractivity contribution in [3.63, 3.8) is 0 Å². The van der Waals surface area contributed by atoms with Gasteiger partial charge in [-0.3, -0.25) is 9.59 Å². The molecule has 2 aliphatic heterocycles. The first-order valence-electron chi connectivity index (χ1n) is 11.8. The summed E-state index contributed by atoms with van der Waals surface area (Å²) in [6, 6.07) is 4.16. The van der Waals surface area contributed by atoms with Crippen molar-refractivity contribution in [1.29, 1.82) is 0 Å². The Hall–Kier alpha value is -2.40. The average molecular weight is 439 g/mol. The predicted molar refractivity (Wildman–Crippen MR) is 124 cm³/mol. The molecule has 2 heterocycles. The second-order valence-corrected chi connectivity index (χ2v) is 9.64. The summed E-state index contributed by atoms with van der Waals surface area (Å²) < 4.78 is 18.2. The van der Waals surface area contributed by atoms with Crippen LogP contribution in [0.4, 0.5) is 0 Å². The zero-order chi connectivity index (χ0) is 22.9. The van der Waals surface area contributed by atoms with Gasteiger partial charge in [0.25, 0.3) is 0 Å². The fourth-order valence-electron chi connectivity index (χ4n) is 4.78. The minimum atomic E-state index is -0.273. The van der Waals surface area contributed by atoms with Gasteiger partial charge in [-0.2, -0.15) is 0 Å². The van der Waals surface area contributed by atoms with Crippen LogP contribution in [0.1, 0.15) is 70.4 Å². The van der Waals surface area contributed by atoms with Gasteiger partial charge in [0.15, 0.2) is 11.6 Å². The highest BCUT2D eigenvalue weighted by Crippen LogP contribution is 2.48. The van der Waals surface area contributed by atoms with Crippen LogP contribution in [0.15, 0.2) is 29.4 Å². The quantitative estimate of drug-likeness (QED) is 0.441. The Kier molecular flexibility index (Phi) is 6.57. The van der Waals surface area contributed by atoms with Crippen molar-refractivity contribution in [1.82, 2.24) is 0 Å². The van der Waals surface area contributed by atoms with Gasteiger partial charge >= 0.3 is 0 Å². The van der Waals surface area contributed by atoms with Crippen LogP contribution in [0.5, 0.6) is 11.5 Å². The molecule has 0 aromatic heterocycles. The van der Waals surface area contributed by atoms with Crippen LogP contribution in [0.2, 0.25) is 0 Å². The van der Waals surface area contributed by atoms with E-state index in [9.17, 15) is 9.59 Å². The Balaban J connectivity index is 1.86. The fourth-order valence-corrected chi connectivity index (χ4v) is 4.78. The highest BCUT2D eigenvalue weighted by atomic mass is 16.5. The number of allylic oxidation sites excluding steroid dienone is 2. The van der Waals surface area contributed by atoms with E-state index < -0.39 is 0 Å². The Morgan fingerprint density at radius 1 is 1.22 bits per heavy atom. The molecule has 0 amide bonds. The van der Waals surface area contributed by atoms with Crippen molar-refractivity contribution < 1.29 is 23.8 Å². The third-order valence-corrected chi connectivity index (χ3v) is 6.79. The maximum atomic E-state index is 12.8. The molecule has 0 radical (unpaired) electrons. The number of carbonyl (C=O) groups excluding carboxylic acids is 2. The van der Waals surface area contributed by atoms with E-state index in [-0.39, 0.29) is 28.7 Å². The van der Waals surface area contributed by atoms with Crippen LogP contribution in [-0.2, 0) is 14.3 Å². The lowest BCUT2D eigenvalue weighted by atomic mass is 9.74. The number of ketones is 2. The van der Waals surface area contributed by atoms with Gasteiger partial charge in [0.2, 0.25) is 0 Å². The van der Waals surface area contributed by atoms with Gasteiger partial charge in [0.05, 0.1) is 30.8 Å². The SMILES string of the molecule is CCCCOc1cc2c(cc1C)C1=C(/C=C(/C(C)=O)C(=O)CCCC1)C(C1(C)COC1)O2. The Morgan fingerprint density at radius 3 is 2.62 bits per heavy atom. The van der Waals surface area contributed by atoms with E-state index >= 15 is 0 Å². The van der Waals surface area contributed by atoms with Crippen molar-refractivity contribution in [2.45, 2.75) is 72.3 Å². The molecule has 3 aliphatic rings. The molecular formula is C27H34O5. The zero-order valence-electron chi connectivity index (χ0n) is 19.7. The summed E-state index contributed by atoms with van der Waals surface area (Å²) in [4.78, 5) is 25.1. The molecule has 1 aromatic rings. The van der Waals surface area contributed by atoms with E-state index in [1.165, 1.54) is 12.5 Å². The third kappa shape index (κ3) is 4.27. The Bertz CT molecular complexity index is 980. The molecule has 0 N–H and O–H groups in total. The molecule has 1 saturated heterocycles. The molecule has 32 heavy (non-hydrogen) atoms. The van der Waals surface area contributed by atoms with Gasteiger partial charge in [-0.1, -0.05) is 20.3 Å². The molecule has 0 saturated carbocycles. The number of benzene rings is 1. The summed E-state index contributed by atoms with van der Waals surface area (Å²) in [5.41, 5.74) is 4.34. The van der Waals surface area contributed by atoms with E-state index in [2.05, 4.69) is 26.8 Å². The largest absolute Gasteiger partial charge is 0.493 e. The number of rotatable bonds is 6. The molecule has 4 rings (SSSR count). The molecule has 0 bridgehead atoms. The van der Waals surface area contributed by atoms with Gasteiger partial charge in [-0.15, -0.1) is 0 Å². The third-order valence-electron chi connectivity index (χ3n) is 6.79. The lowest BCUT2D eigenvalue weighted by Gasteiger charge is -2.47. The van der Waals surface area contributed by atoms with Crippen LogP contribution < -0.4 is 9.47 Å². The Labute approximate surface area is 190 Å². The normalized spacial score (nSPS) is 23.9. The minimum Gasteiger partial charge on any atom is -0.493 e. The molecule has 1 aliphatic carbocycles. The Morgan fingerprint density at radius 2 is 1.97 bits per heavy atom. The monoisotopic (exact) mass is 438 g/mol. The van der Waals surface area contributed by atoms with Crippen molar-refractivity contribution in [3.05, 3.63) is 40.5 Å². The number of aryl methyl sites for hydroxylation is 1. The fraction of sp³-hybridized carbons (Fsp3) is 0.556. The zero-order valence-corrected chi connectivity index (χ0v) is 19.7. The van der Waals surface area contributed by atoms with Gasteiger partial charge in [-0.05, 0) is 68.4 Å². The van der Waals surface area contributed by atoms with Crippen molar-refractivity contribution in [2.24, 2.45) is 5.41 Å². The summed E-state index contributed by atoms with van der Waals surface area (Å²) >= 11 is 0. The van der Waals surface area contributed by atoms with Gasteiger partial charge in [0, 0.05) is 18.1 Å². The standard InChI is InChI=1S/C27H34O5/c1-5-6-11-31-24-14-25-21(12-17(24)2)19-9-7-8-10-23(29)20(18(3)28)13-22(19)26(32-25)27(4)15-30-16-27/h12-14,26H,5-11,15-16H2,1-4H3/b20-13-. The molecule has 5 nitrogen and oxygen atoms in total. The number of hydrogen-bond donors (Lipinski definition) is 0. The summed E-state index contributed by atoms with van der Waals surface area (Å²) in [5, 5.41) is 0. The molecular weight excluding hydrogens is 404 g/mol. The predicted octanol–water partition coefficient (Wildman–Crippen LogP) is 5.38.